The Balaban J connectivity index is 1.38. The molecular weight excluding hydrogens is 419 g/mol. The van der Waals surface area contributed by atoms with Gasteiger partial charge in [0.15, 0.2) is 5.75 Å². The number of aryl methyl sites for hydroxylation is 3. The van der Waals surface area contributed by atoms with E-state index in [4.69, 9.17) is 13.9 Å². The molecule has 4 heteroatoms. The zero-order valence-corrected chi connectivity index (χ0v) is 18.5. The molecule has 0 unspecified atom stereocenters. The van der Waals surface area contributed by atoms with Crippen LogP contribution in [-0.4, -0.2) is 6.71 Å². The maximum Gasteiger partial charge on any atom is 0.305 e. The number of hydrogen-bond acceptors (Lipinski definition) is 3. The Labute approximate surface area is 197 Å². The quantitative estimate of drug-likeness (QED) is 0.337. The van der Waals surface area contributed by atoms with Crippen LogP contribution < -0.4 is 26.1 Å². The number of hydrogen-bond donors (Lipinski definition) is 0. The summed E-state index contributed by atoms with van der Waals surface area (Å²) in [5.74, 6) is 3.58. The molecule has 0 fully saturated rings. The first-order chi connectivity index (χ1) is 16.8. The lowest BCUT2D eigenvalue weighted by molar-refractivity contribution is 0.461. The summed E-state index contributed by atoms with van der Waals surface area (Å²) in [5.41, 5.74) is 12.2. The molecule has 0 amide bonds. The first-order valence-corrected chi connectivity index (χ1v) is 12.1. The smallest absolute Gasteiger partial charge is 0.305 e. The van der Waals surface area contributed by atoms with Gasteiger partial charge in [-0.2, -0.15) is 0 Å². The minimum Gasteiger partial charge on any atom is -0.466 e. The van der Waals surface area contributed by atoms with Crippen LogP contribution in [0.5, 0.6) is 23.0 Å². The highest BCUT2D eigenvalue weighted by molar-refractivity contribution is 6.97. The first kappa shape index (κ1) is 17.5. The van der Waals surface area contributed by atoms with Crippen LogP contribution in [0, 0.1) is 0 Å². The van der Waals surface area contributed by atoms with Crippen molar-refractivity contribution in [2.24, 2.45) is 0 Å². The fourth-order valence-corrected chi connectivity index (χ4v) is 6.38. The van der Waals surface area contributed by atoms with Gasteiger partial charge < -0.3 is 13.9 Å². The molecule has 9 rings (SSSR count). The second kappa shape index (κ2) is 5.95. The molecule has 4 aliphatic rings. The van der Waals surface area contributed by atoms with E-state index >= 15 is 0 Å². The monoisotopic (exact) mass is 438 g/mol. The lowest BCUT2D eigenvalue weighted by Crippen LogP contribution is -2.57. The zero-order valence-electron chi connectivity index (χ0n) is 18.5. The Morgan fingerprint density at radius 3 is 2.24 bits per heavy atom. The van der Waals surface area contributed by atoms with Gasteiger partial charge in [-0.25, -0.2) is 0 Å². The van der Waals surface area contributed by atoms with E-state index in [1.54, 1.807) is 0 Å². The number of fused-ring (bicyclic) bond motifs is 9. The van der Waals surface area contributed by atoms with Crippen molar-refractivity contribution in [3.63, 3.8) is 0 Å². The molecule has 0 atom stereocenters. The Hall–Kier alpha value is -3.92. The van der Waals surface area contributed by atoms with Gasteiger partial charge in [0.1, 0.15) is 28.5 Å². The largest absolute Gasteiger partial charge is 0.466 e. The molecule has 0 spiro atoms. The maximum absolute atomic E-state index is 6.71. The minimum atomic E-state index is -0.0322. The van der Waals surface area contributed by atoms with E-state index in [0.29, 0.717) is 0 Å². The Morgan fingerprint density at radius 1 is 0.676 bits per heavy atom. The van der Waals surface area contributed by atoms with E-state index in [2.05, 4.69) is 60.7 Å². The van der Waals surface area contributed by atoms with E-state index in [0.717, 1.165) is 70.8 Å². The fourth-order valence-electron chi connectivity index (χ4n) is 6.38. The normalized spacial score (nSPS) is 15.6. The third-order valence-corrected chi connectivity index (χ3v) is 8.21. The fraction of sp³-hybridized carbons (Fsp3) is 0.133. The Bertz CT molecular complexity index is 1710. The molecule has 1 aromatic heterocycles. The van der Waals surface area contributed by atoms with Crippen molar-refractivity contribution in [1.82, 2.24) is 0 Å². The van der Waals surface area contributed by atoms with Crippen LogP contribution in [0.2, 0.25) is 0 Å². The summed E-state index contributed by atoms with van der Waals surface area (Å²) in [6.07, 6.45) is 4.42. The molecule has 34 heavy (non-hydrogen) atoms. The first-order valence-electron chi connectivity index (χ1n) is 12.1. The van der Waals surface area contributed by atoms with Gasteiger partial charge in [0.05, 0.1) is 5.39 Å². The van der Waals surface area contributed by atoms with Gasteiger partial charge in [-0.05, 0) is 77.2 Å². The highest BCUT2D eigenvalue weighted by Gasteiger charge is 2.46. The van der Waals surface area contributed by atoms with Gasteiger partial charge >= 0.3 is 6.71 Å². The summed E-state index contributed by atoms with van der Waals surface area (Å²) in [6.45, 7) is -0.0322. The summed E-state index contributed by atoms with van der Waals surface area (Å²) >= 11 is 0. The van der Waals surface area contributed by atoms with Crippen molar-refractivity contribution in [2.45, 2.75) is 25.7 Å². The van der Waals surface area contributed by atoms with E-state index in [1.807, 2.05) is 6.07 Å². The molecule has 3 nitrogen and oxygen atoms in total. The predicted molar refractivity (Wildman–Crippen MR) is 134 cm³/mol. The highest BCUT2D eigenvalue weighted by Crippen LogP contribution is 2.46. The van der Waals surface area contributed by atoms with Crippen molar-refractivity contribution in [3.05, 3.63) is 89.0 Å². The number of rotatable bonds is 1. The van der Waals surface area contributed by atoms with Crippen LogP contribution in [0.1, 0.15) is 22.3 Å². The Morgan fingerprint density at radius 2 is 1.47 bits per heavy atom. The SMILES string of the molecule is c1ccc(-c2c3c(cc4c2Oc2cccc5c2B4c2oc4c6c(ccc4c2O5)CC6)CC3)cc1. The molecule has 2 aliphatic carbocycles. The molecule has 0 bridgehead atoms. The van der Waals surface area contributed by atoms with Crippen molar-refractivity contribution in [1.29, 1.82) is 0 Å². The van der Waals surface area contributed by atoms with Crippen molar-refractivity contribution in [2.75, 3.05) is 0 Å². The van der Waals surface area contributed by atoms with Gasteiger partial charge in [-0.3, -0.25) is 0 Å². The zero-order chi connectivity index (χ0) is 22.0. The van der Waals surface area contributed by atoms with Crippen molar-refractivity contribution >= 4 is 34.3 Å². The average Bonchev–Trinajstić information content (AvgIpc) is 3.18. The van der Waals surface area contributed by atoms with Crippen LogP contribution in [-0.2, 0) is 25.7 Å². The van der Waals surface area contributed by atoms with Gasteiger partial charge in [0.2, 0.25) is 0 Å². The van der Waals surface area contributed by atoms with E-state index < -0.39 is 0 Å². The van der Waals surface area contributed by atoms with Crippen LogP contribution in [0.25, 0.3) is 22.1 Å². The molecule has 3 heterocycles. The molecule has 4 aromatic carbocycles. The topological polar surface area (TPSA) is 31.6 Å². The molecular formula is C30H19BO3. The lowest BCUT2D eigenvalue weighted by atomic mass is 9.36. The molecule has 5 aromatic rings. The number of furan rings is 1. The van der Waals surface area contributed by atoms with Crippen molar-refractivity contribution < 1.29 is 13.9 Å². The van der Waals surface area contributed by atoms with Gasteiger partial charge in [0, 0.05) is 11.0 Å². The van der Waals surface area contributed by atoms with Crippen molar-refractivity contribution in [3.8, 4) is 34.1 Å². The molecule has 0 N–H and O–H groups in total. The second-order valence-corrected chi connectivity index (χ2v) is 9.85. The van der Waals surface area contributed by atoms with Crippen LogP contribution >= 0.6 is 0 Å². The average molecular weight is 438 g/mol. The lowest BCUT2D eigenvalue weighted by Gasteiger charge is -2.35. The third-order valence-electron chi connectivity index (χ3n) is 8.21. The summed E-state index contributed by atoms with van der Waals surface area (Å²) in [6, 6.07) is 23.6. The minimum absolute atomic E-state index is 0.0322. The van der Waals surface area contributed by atoms with Gasteiger partial charge in [0.25, 0.3) is 0 Å². The van der Waals surface area contributed by atoms with E-state index in [1.165, 1.54) is 38.8 Å². The third kappa shape index (κ3) is 2.02. The van der Waals surface area contributed by atoms with E-state index in [-0.39, 0.29) is 6.71 Å². The molecule has 0 saturated heterocycles. The highest BCUT2D eigenvalue weighted by atomic mass is 16.5. The number of ether oxygens (including phenoxy) is 2. The summed E-state index contributed by atoms with van der Waals surface area (Å²) in [7, 11) is 0. The van der Waals surface area contributed by atoms with Crippen LogP contribution in [0.4, 0.5) is 0 Å². The molecule has 0 saturated carbocycles. The molecule has 2 aliphatic heterocycles. The van der Waals surface area contributed by atoms with Gasteiger partial charge in [-0.1, -0.05) is 48.5 Å². The number of benzene rings is 4. The van der Waals surface area contributed by atoms with E-state index in [9.17, 15) is 0 Å². The molecule has 160 valence electrons. The summed E-state index contributed by atoms with van der Waals surface area (Å²) in [5, 5.41) is 1.09. The molecule has 0 radical (unpaired) electrons. The van der Waals surface area contributed by atoms with Crippen LogP contribution in [0.15, 0.2) is 71.1 Å². The Kier molecular flexibility index (Phi) is 3.07. The second-order valence-electron chi connectivity index (χ2n) is 9.85. The van der Waals surface area contributed by atoms with Crippen LogP contribution in [0.3, 0.4) is 0 Å². The van der Waals surface area contributed by atoms with Gasteiger partial charge in [-0.15, -0.1) is 0 Å². The standard InChI is InChI=1S/C30H19BO3/c1-2-5-17(6-3-1)25-19-12-11-18(19)15-22-29(25)33-24-8-4-7-23-26(24)31(22)30-28(32-23)21-14-10-16-9-13-20(16)27(21)34-30/h1-8,10,14-15H,9,11-13H2. The predicted octanol–water partition coefficient (Wildman–Crippen LogP) is 5.02. The summed E-state index contributed by atoms with van der Waals surface area (Å²) < 4.78 is 19.9. The summed E-state index contributed by atoms with van der Waals surface area (Å²) in [4.78, 5) is 0. The maximum atomic E-state index is 6.71.